The molecule has 1 fully saturated rings. The number of sulfonamides is 1. The first kappa shape index (κ1) is 14.8. The average Bonchev–Trinajstić information content (AvgIpc) is 2.83. The molecular formula is C12H17N3O4S. The molecule has 2 rings (SSSR count). The van der Waals surface area contributed by atoms with E-state index < -0.39 is 16.1 Å². The van der Waals surface area contributed by atoms with Crippen molar-refractivity contribution in [2.75, 3.05) is 18.5 Å². The van der Waals surface area contributed by atoms with Crippen molar-refractivity contribution in [1.82, 2.24) is 5.32 Å². The normalized spacial score (nSPS) is 18.8. The minimum absolute atomic E-state index is 0.000463. The second kappa shape index (κ2) is 5.78. The molecule has 1 aliphatic rings. The summed E-state index contributed by atoms with van der Waals surface area (Å²) in [6.07, 6.45) is 0.768. The van der Waals surface area contributed by atoms with Crippen LogP contribution in [0.1, 0.15) is 12.0 Å². The van der Waals surface area contributed by atoms with Gasteiger partial charge in [0.1, 0.15) is 0 Å². The maximum atomic E-state index is 11.8. The number of nitrogens with one attached hydrogen (secondary N) is 2. The lowest BCUT2D eigenvalue weighted by molar-refractivity contribution is 0.189. The maximum Gasteiger partial charge on any atom is 0.319 e. The molecule has 1 heterocycles. The van der Waals surface area contributed by atoms with Crippen molar-refractivity contribution < 1.29 is 17.9 Å². The lowest BCUT2D eigenvalue weighted by Gasteiger charge is -2.13. The summed E-state index contributed by atoms with van der Waals surface area (Å²) in [4.78, 5) is 11.8. The summed E-state index contributed by atoms with van der Waals surface area (Å²) in [6.45, 7) is 2.76. The molecule has 0 aromatic heterocycles. The van der Waals surface area contributed by atoms with Crippen LogP contribution in [0.25, 0.3) is 0 Å². The van der Waals surface area contributed by atoms with Gasteiger partial charge in [-0.1, -0.05) is 6.07 Å². The van der Waals surface area contributed by atoms with Gasteiger partial charge in [-0.2, -0.15) is 0 Å². The molecule has 1 aromatic carbocycles. The third-order valence-corrected chi connectivity index (χ3v) is 4.07. The second-order valence-electron chi connectivity index (χ2n) is 4.68. The largest absolute Gasteiger partial charge is 0.379 e. The predicted octanol–water partition coefficient (Wildman–Crippen LogP) is 0.553. The summed E-state index contributed by atoms with van der Waals surface area (Å²) in [7, 11) is -3.81. The van der Waals surface area contributed by atoms with Crippen LogP contribution in [-0.4, -0.2) is 33.7 Å². The molecule has 7 nitrogen and oxygen atoms in total. The Morgan fingerprint density at radius 2 is 2.20 bits per heavy atom. The summed E-state index contributed by atoms with van der Waals surface area (Å²) < 4.78 is 28.0. The van der Waals surface area contributed by atoms with E-state index in [1.54, 1.807) is 19.1 Å². The number of carbonyl (C=O) groups excluding carboxylic acids is 1. The number of urea groups is 1. The van der Waals surface area contributed by atoms with Gasteiger partial charge < -0.3 is 15.4 Å². The Morgan fingerprint density at radius 3 is 2.80 bits per heavy atom. The SMILES string of the molecule is Cc1ccc(NC(=O)NC2CCOC2)cc1S(N)(=O)=O. The van der Waals surface area contributed by atoms with Crippen LogP contribution in [0.5, 0.6) is 0 Å². The summed E-state index contributed by atoms with van der Waals surface area (Å²) in [5.41, 5.74) is 0.902. The number of anilines is 1. The fraction of sp³-hybridized carbons (Fsp3) is 0.417. The topological polar surface area (TPSA) is 111 Å². The Kier molecular flexibility index (Phi) is 4.26. The third kappa shape index (κ3) is 3.69. The summed E-state index contributed by atoms with van der Waals surface area (Å²) >= 11 is 0. The minimum Gasteiger partial charge on any atom is -0.379 e. The lowest BCUT2D eigenvalue weighted by atomic mass is 10.2. The molecule has 110 valence electrons. The van der Waals surface area contributed by atoms with E-state index in [9.17, 15) is 13.2 Å². The summed E-state index contributed by atoms with van der Waals surface area (Å²) in [6, 6.07) is 4.14. The van der Waals surface area contributed by atoms with Crippen molar-refractivity contribution in [2.24, 2.45) is 5.14 Å². The van der Waals surface area contributed by atoms with Gasteiger partial charge in [-0.3, -0.25) is 0 Å². The molecule has 0 bridgehead atoms. The van der Waals surface area contributed by atoms with Crippen LogP contribution in [0.4, 0.5) is 10.5 Å². The van der Waals surface area contributed by atoms with Gasteiger partial charge in [0.2, 0.25) is 10.0 Å². The van der Waals surface area contributed by atoms with Crippen LogP contribution in [0.2, 0.25) is 0 Å². The van der Waals surface area contributed by atoms with E-state index in [0.717, 1.165) is 6.42 Å². The standard InChI is InChI=1S/C12H17N3O4S/c1-8-2-3-9(6-11(8)20(13,17)18)14-12(16)15-10-4-5-19-7-10/h2-3,6,10H,4-5,7H2,1H3,(H2,13,17,18)(H2,14,15,16). The molecule has 4 N–H and O–H groups in total. The fourth-order valence-electron chi connectivity index (χ4n) is 1.99. The molecule has 0 aliphatic carbocycles. The molecule has 0 radical (unpaired) electrons. The van der Waals surface area contributed by atoms with E-state index in [4.69, 9.17) is 9.88 Å². The van der Waals surface area contributed by atoms with Crippen LogP contribution < -0.4 is 15.8 Å². The zero-order valence-electron chi connectivity index (χ0n) is 11.0. The monoisotopic (exact) mass is 299 g/mol. The Bertz CT molecular complexity index is 609. The molecule has 1 aromatic rings. The average molecular weight is 299 g/mol. The maximum absolute atomic E-state index is 11.8. The number of hydrogen-bond donors (Lipinski definition) is 3. The van der Waals surface area contributed by atoms with Gasteiger partial charge in [0.05, 0.1) is 17.5 Å². The van der Waals surface area contributed by atoms with E-state index in [0.29, 0.717) is 24.5 Å². The first-order valence-corrected chi connectivity index (χ1v) is 7.69. The van der Waals surface area contributed by atoms with Crippen LogP contribution in [0, 0.1) is 6.92 Å². The lowest BCUT2D eigenvalue weighted by Crippen LogP contribution is -2.38. The molecule has 1 atom stereocenters. The zero-order chi connectivity index (χ0) is 14.8. The number of primary sulfonamides is 1. The van der Waals surface area contributed by atoms with Crippen LogP contribution in [0.15, 0.2) is 23.1 Å². The Balaban J connectivity index is 2.07. The number of amides is 2. The van der Waals surface area contributed by atoms with Crippen LogP contribution in [-0.2, 0) is 14.8 Å². The van der Waals surface area contributed by atoms with E-state index in [1.165, 1.54) is 6.07 Å². The first-order chi connectivity index (χ1) is 9.36. The number of aryl methyl sites for hydroxylation is 1. The molecule has 1 aliphatic heterocycles. The van der Waals surface area contributed by atoms with Crippen molar-refractivity contribution in [3.63, 3.8) is 0 Å². The van der Waals surface area contributed by atoms with E-state index in [-0.39, 0.29) is 10.9 Å². The van der Waals surface area contributed by atoms with E-state index >= 15 is 0 Å². The van der Waals surface area contributed by atoms with E-state index in [2.05, 4.69) is 10.6 Å². The number of rotatable bonds is 3. The number of benzene rings is 1. The predicted molar refractivity (Wildman–Crippen MR) is 73.9 cm³/mol. The van der Waals surface area contributed by atoms with Crippen molar-refractivity contribution in [3.8, 4) is 0 Å². The zero-order valence-corrected chi connectivity index (χ0v) is 11.9. The van der Waals surface area contributed by atoms with Crippen molar-refractivity contribution in [2.45, 2.75) is 24.3 Å². The smallest absolute Gasteiger partial charge is 0.319 e. The Hall–Kier alpha value is -1.64. The second-order valence-corrected chi connectivity index (χ2v) is 6.21. The molecule has 0 saturated carbocycles. The number of ether oxygens (including phenoxy) is 1. The van der Waals surface area contributed by atoms with Crippen LogP contribution >= 0.6 is 0 Å². The Labute approximate surface area is 117 Å². The Morgan fingerprint density at radius 1 is 1.45 bits per heavy atom. The van der Waals surface area contributed by atoms with Gasteiger partial charge in [0.15, 0.2) is 0 Å². The fourth-order valence-corrected chi connectivity index (χ4v) is 2.79. The highest BCUT2D eigenvalue weighted by Crippen LogP contribution is 2.19. The van der Waals surface area contributed by atoms with Crippen molar-refractivity contribution >= 4 is 21.7 Å². The van der Waals surface area contributed by atoms with Gasteiger partial charge in [0.25, 0.3) is 0 Å². The third-order valence-electron chi connectivity index (χ3n) is 3.02. The number of hydrogen-bond acceptors (Lipinski definition) is 4. The summed E-state index contributed by atoms with van der Waals surface area (Å²) in [5.74, 6) is 0. The van der Waals surface area contributed by atoms with Gasteiger partial charge in [-0.15, -0.1) is 0 Å². The van der Waals surface area contributed by atoms with Crippen molar-refractivity contribution in [1.29, 1.82) is 0 Å². The molecule has 1 saturated heterocycles. The molecule has 20 heavy (non-hydrogen) atoms. The number of carbonyl (C=O) groups is 1. The van der Waals surface area contributed by atoms with Gasteiger partial charge in [-0.05, 0) is 31.0 Å². The van der Waals surface area contributed by atoms with Gasteiger partial charge in [-0.25, -0.2) is 18.4 Å². The molecule has 8 heteroatoms. The molecular weight excluding hydrogens is 282 g/mol. The highest BCUT2D eigenvalue weighted by Gasteiger charge is 2.18. The molecule has 2 amide bonds. The molecule has 0 spiro atoms. The first-order valence-electron chi connectivity index (χ1n) is 6.15. The highest BCUT2D eigenvalue weighted by molar-refractivity contribution is 7.89. The molecule has 1 unspecified atom stereocenters. The van der Waals surface area contributed by atoms with Crippen molar-refractivity contribution in [3.05, 3.63) is 23.8 Å². The minimum atomic E-state index is -3.81. The van der Waals surface area contributed by atoms with Gasteiger partial charge >= 0.3 is 6.03 Å². The highest BCUT2D eigenvalue weighted by atomic mass is 32.2. The summed E-state index contributed by atoms with van der Waals surface area (Å²) in [5, 5.41) is 10.4. The van der Waals surface area contributed by atoms with Crippen LogP contribution in [0.3, 0.4) is 0 Å². The van der Waals surface area contributed by atoms with E-state index in [1.807, 2.05) is 0 Å². The number of nitrogens with two attached hydrogens (primary N) is 1. The quantitative estimate of drug-likeness (QED) is 0.757. The van der Waals surface area contributed by atoms with Gasteiger partial charge in [0, 0.05) is 12.3 Å².